The maximum Gasteiger partial charge on any atom is 0.227 e. The van der Waals surface area contributed by atoms with E-state index in [1.165, 1.54) is 12.8 Å². The summed E-state index contributed by atoms with van der Waals surface area (Å²) in [6.45, 7) is 5.09. The van der Waals surface area contributed by atoms with Crippen molar-refractivity contribution in [1.82, 2.24) is 5.32 Å². The average Bonchev–Trinajstić information content (AvgIpc) is 2.85. The van der Waals surface area contributed by atoms with Gasteiger partial charge in [-0.1, -0.05) is 39.5 Å². The highest BCUT2D eigenvalue weighted by molar-refractivity contribution is 5.83. The maximum absolute atomic E-state index is 12.5. The van der Waals surface area contributed by atoms with Crippen LogP contribution in [0.25, 0.3) is 0 Å². The lowest BCUT2D eigenvalue weighted by Gasteiger charge is -2.37. The average molecular weight is 252 g/mol. The molecule has 3 heteroatoms. The summed E-state index contributed by atoms with van der Waals surface area (Å²) in [5, 5.41) is 3.31. The van der Waals surface area contributed by atoms with Crippen LogP contribution in [0.4, 0.5) is 0 Å². The molecule has 0 saturated heterocycles. The first-order valence-electron chi connectivity index (χ1n) is 7.60. The number of nitrogens with one attached hydrogen (secondary N) is 1. The minimum absolute atomic E-state index is 0.230. The van der Waals surface area contributed by atoms with E-state index in [2.05, 4.69) is 19.2 Å². The summed E-state index contributed by atoms with van der Waals surface area (Å²) in [5.41, 5.74) is 5.63. The molecule has 0 aliphatic heterocycles. The van der Waals surface area contributed by atoms with Crippen LogP contribution in [0.3, 0.4) is 0 Å². The predicted octanol–water partition coefficient (Wildman–Crippen LogP) is 2.45. The summed E-state index contributed by atoms with van der Waals surface area (Å²) in [6, 6.07) is 0.366. The van der Waals surface area contributed by atoms with Gasteiger partial charge in [0.25, 0.3) is 0 Å². The Morgan fingerprint density at radius 3 is 2.50 bits per heavy atom. The highest BCUT2D eigenvalue weighted by Gasteiger charge is 2.41. The third-order valence-corrected chi connectivity index (χ3v) is 5.46. The Morgan fingerprint density at radius 2 is 1.89 bits per heavy atom. The smallest absolute Gasteiger partial charge is 0.227 e. The minimum Gasteiger partial charge on any atom is -0.353 e. The molecular weight excluding hydrogens is 224 g/mol. The van der Waals surface area contributed by atoms with Gasteiger partial charge in [0.1, 0.15) is 0 Å². The van der Waals surface area contributed by atoms with Crippen molar-refractivity contribution in [2.45, 2.75) is 64.8 Å². The molecule has 0 spiro atoms. The number of amides is 1. The fraction of sp³-hybridized carbons (Fsp3) is 0.933. The highest BCUT2D eigenvalue weighted by Crippen LogP contribution is 2.38. The zero-order valence-corrected chi connectivity index (χ0v) is 11.9. The molecule has 2 aliphatic carbocycles. The molecule has 0 bridgehead atoms. The van der Waals surface area contributed by atoms with E-state index >= 15 is 0 Å². The van der Waals surface area contributed by atoms with E-state index in [0.717, 1.165) is 38.0 Å². The maximum atomic E-state index is 12.5. The van der Waals surface area contributed by atoms with Gasteiger partial charge in [-0.25, -0.2) is 0 Å². The van der Waals surface area contributed by atoms with Crippen LogP contribution in [-0.4, -0.2) is 18.5 Å². The molecule has 1 amide bonds. The number of rotatable bonds is 3. The molecule has 0 radical (unpaired) electrons. The van der Waals surface area contributed by atoms with Crippen molar-refractivity contribution < 1.29 is 4.79 Å². The van der Waals surface area contributed by atoms with Gasteiger partial charge in [-0.3, -0.25) is 4.79 Å². The van der Waals surface area contributed by atoms with Crippen LogP contribution >= 0.6 is 0 Å². The molecule has 2 aliphatic rings. The molecule has 18 heavy (non-hydrogen) atoms. The van der Waals surface area contributed by atoms with Crippen molar-refractivity contribution in [1.29, 1.82) is 0 Å². The second-order valence-electron chi connectivity index (χ2n) is 6.54. The van der Waals surface area contributed by atoms with Crippen LogP contribution < -0.4 is 11.1 Å². The monoisotopic (exact) mass is 252 g/mol. The Labute approximate surface area is 111 Å². The van der Waals surface area contributed by atoms with Crippen LogP contribution in [0, 0.1) is 17.3 Å². The highest BCUT2D eigenvalue weighted by atomic mass is 16.2. The van der Waals surface area contributed by atoms with Crippen LogP contribution in [0.1, 0.15) is 58.8 Å². The van der Waals surface area contributed by atoms with Crippen LogP contribution in [-0.2, 0) is 4.79 Å². The first-order chi connectivity index (χ1) is 8.59. The minimum atomic E-state index is -0.250. The van der Waals surface area contributed by atoms with Gasteiger partial charge in [0, 0.05) is 12.6 Å². The Kier molecular flexibility index (Phi) is 4.31. The Hall–Kier alpha value is -0.570. The molecule has 0 aromatic rings. The molecule has 0 aromatic heterocycles. The first-order valence-corrected chi connectivity index (χ1v) is 7.60. The second kappa shape index (κ2) is 5.60. The first kappa shape index (κ1) is 13.9. The molecule has 2 rings (SSSR count). The van der Waals surface area contributed by atoms with Gasteiger partial charge in [0.05, 0.1) is 5.41 Å². The summed E-state index contributed by atoms with van der Waals surface area (Å²) < 4.78 is 0. The van der Waals surface area contributed by atoms with E-state index < -0.39 is 0 Å². The fourth-order valence-corrected chi connectivity index (χ4v) is 3.68. The molecule has 3 nitrogen and oxygen atoms in total. The summed E-state index contributed by atoms with van der Waals surface area (Å²) in [4.78, 5) is 12.5. The molecule has 3 atom stereocenters. The zero-order valence-electron chi connectivity index (χ0n) is 11.9. The lowest BCUT2D eigenvalue weighted by atomic mass is 9.77. The lowest BCUT2D eigenvalue weighted by Crippen LogP contribution is -2.51. The molecule has 3 N–H and O–H groups in total. The van der Waals surface area contributed by atoms with Gasteiger partial charge in [0.15, 0.2) is 0 Å². The van der Waals surface area contributed by atoms with Gasteiger partial charge in [-0.15, -0.1) is 0 Å². The SMILES string of the molecule is CC1CCCC(NC(=O)C2(CN)CCCC2)C1C. The predicted molar refractivity (Wildman–Crippen MR) is 74.1 cm³/mol. The summed E-state index contributed by atoms with van der Waals surface area (Å²) in [6.07, 6.45) is 7.94. The number of hydrogen-bond acceptors (Lipinski definition) is 2. The van der Waals surface area contributed by atoms with Crippen molar-refractivity contribution in [2.24, 2.45) is 23.0 Å². The second-order valence-corrected chi connectivity index (χ2v) is 6.54. The van der Waals surface area contributed by atoms with Crippen LogP contribution in [0.2, 0.25) is 0 Å². The number of nitrogens with two attached hydrogens (primary N) is 1. The van der Waals surface area contributed by atoms with Crippen molar-refractivity contribution in [3.63, 3.8) is 0 Å². The Morgan fingerprint density at radius 1 is 1.22 bits per heavy atom. The van der Waals surface area contributed by atoms with E-state index in [-0.39, 0.29) is 11.3 Å². The quantitative estimate of drug-likeness (QED) is 0.810. The molecule has 0 heterocycles. The van der Waals surface area contributed by atoms with Crippen molar-refractivity contribution in [3.8, 4) is 0 Å². The largest absolute Gasteiger partial charge is 0.353 e. The van der Waals surface area contributed by atoms with E-state index in [4.69, 9.17) is 5.73 Å². The van der Waals surface area contributed by atoms with Gasteiger partial charge in [0.2, 0.25) is 5.91 Å². The van der Waals surface area contributed by atoms with Crippen molar-refractivity contribution in [2.75, 3.05) is 6.54 Å². The fourth-order valence-electron chi connectivity index (χ4n) is 3.68. The summed E-state index contributed by atoms with van der Waals surface area (Å²) in [5.74, 6) is 1.55. The third kappa shape index (κ3) is 2.56. The van der Waals surface area contributed by atoms with Gasteiger partial charge in [-0.2, -0.15) is 0 Å². The van der Waals surface area contributed by atoms with Gasteiger partial charge >= 0.3 is 0 Å². The summed E-state index contributed by atoms with van der Waals surface area (Å²) >= 11 is 0. The van der Waals surface area contributed by atoms with E-state index in [1.807, 2.05) is 0 Å². The van der Waals surface area contributed by atoms with E-state index in [0.29, 0.717) is 18.5 Å². The molecular formula is C15H28N2O. The Bertz CT molecular complexity index is 297. The Balaban J connectivity index is 1.97. The molecule has 3 unspecified atom stereocenters. The molecule has 104 valence electrons. The van der Waals surface area contributed by atoms with E-state index in [9.17, 15) is 4.79 Å². The molecule has 2 fully saturated rings. The van der Waals surface area contributed by atoms with Crippen LogP contribution in [0.5, 0.6) is 0 Å². The van der Waals surface area contributed by atoms with Gasteiger partial charge < -0.3 is 11.1 Å². The van der Waals surface area contributed by atoms with Crippen molar-refractivity contribution in [3.05, 3.63) is 0 Å². The molecule has 0 aromatic carbocycles. The van der Waals surface area contributed by atoms with Crippen LogP contribution in [0.15, 0.2) is 0 Å². The molecule has 2 saturated carbocycles. The van der Waals surface area contributed by atoms with Gasteiger partial charge in [-0.05, 0) is 31.1 Å². The third-order valence-electron chi connectivity index (χ3n) is 5.46. The topological polar surface area (TPSA) is 55.1 Å². The summed E-state index contributed by atoms with van der Waals surface area (Å²) in [7, 11) is 0. The number of hydrogen-bond donors (Lipinski definition) is 2. The van der Waals surface area contributed by atoms with E-state index in [1.54, 1.807) is 0 Å². The lowest BCUT2D eigenvalue weighted by molar-refractivity contribution is -0.131. The standard InChI is InChI=1S/C15H28N2O/c1-11-6-5-7-13(12(11)2)17-14(18)15(10-16)8-3-4-9-15/h11-13H,3-10,16H2,1-2H3,(H,17,18). The zero-order chi connectivity index (χ0) is 13.2. The number of carbonyl (C=O) groups is 1. The van der Waals surface area contributed by atoms with Crippen molar-refractivity contribution >= 4 is 5.91 Å². The normalized spacial score (nSPS) is 35.4. The number of carbonyl (C=O) groups excluding carboxylic acids is 1.